The molecule has 0 spiro atoms. The van der Waals surface area contributed by atoms with E-state index in [4.69, 9.17) is 0 Å². The van der Waals surface area contributed by atoms with E-state index in [-0.39, 0.29) is 12.1 Å². The van der Waals surface area contributed by atoms with Gasteiger partial charge in [-0.25, -0.2) is 0 Å². The van der Waals surface area contributed by atoms with Gasteiger partial charge in [-0.05, 0) is 18.6 Å². The van der Waals surface area contributed by atoms with Crippen molar-refractivity contribution in [2.75, 3.05) is 11.9 Å². The highest BCUT2D eigenvalue weighted by atomic mass is 19.4. The Hall–Kier alpha value is -1.80. The fourth-order valence-electron chi connectivity index (χ4n) is 1.92. The summed E-state index contributed by atoms with van der Waals surface area (Å²) in [4.78, 5) is 11.8. The number of rotatable bonds is 3. The number of hydrogen-bond acceptors (Lipinski definition) is 4. The fraction of sp³-hybridized carbons (Fsp3) is 0.417. The van der Waals surface area contributed by atoms with Crippen molar-refractivity contribution in [2.24, 2.45) is 0 Å². The minimum Gasteiger partial charge on any atom is -0.406 e. The number of halogens is 3. The number of aliphatic hydroxyl groups is 1. The molecule has 2 rings (SSSR count). The topological polar surface area (TPSA) is 70.6 Å². The number of hydrogen-bond donors (Lipinski definition) is 3. The molecule has 0 saturated carbocycles. The number of benzene rings is 1. The third-order valence-electron chi connectivity index (χ3n) is 2.76. The van der Waals surface area contributed by atoms with Gasteiger partial charge < -0.3 is 20.5 Å². The monoisotopic (exact) mass is 290 g/mol. The number of anilines is 1. The van der Waals surface area contributed by atoms with E-state index < -0.39 is 30.2 Å². The maximum Gasteiger partial charge on any atom is 0.573 e. The van der Waals surface area contributed by atoms with Gasteiger partial charge in [-0.1, -0.05) is 6.07 Å². The van der Waals surface area contributed by atoms with Crippen LogP contribution in [-0.2, 0) is 4.79 Å². The molecule has 1 aromatic carbocycles. The second-order valence-electron chi connectivity index (χ2n) is 4.42. The lowest BCUT2D eigenvalue weighted by Crippen LogP contribution is -2.35. The normalized spacial score (nSPS) is 22.6. The lowest BCUT2D eigenvalue weighted by atomic mass is 10.2. The zero-order valence-electron chi connectivity index (χ0n) is 10.3. The van der Waals surface area contributed by atoms with Crippen LogP contribution in [0.4, 0.5) is 18.9 Å². The van der Waals surface area contributed by atoms with Crippen molar-refractivity contribution in [1.29, 1.82) is 0 Å². The van der Waals surface area contributed by atoms with Crippen LogP contribution < -0.4 is 15.4 Å². The van der Waals surface area contributed by atoms with Gasteiger partial charge in [0.15, 0.2) is 0 Å². The zero-order valence-corrected chi connectivity index (χ0v) is 10.3. The Bertz CT molecular complexity index is 493. The van der Waals surface area contributed by atoms with Gasteiger partial charge in [0.05, 0.1) is 12.1 Å². The summed E-state index contributed by atoms with van der Waals surface area (Å²) in [5.74, 6) is -0.819. The first-order chi connectivity index (χ1) is 9.33. The highest BCUT2D eigenvalue weighted by molar-refractivity contribution is 5.95. The molecule has 1 aliphatic rings. The molecule has 110 valence electrons. The molecule has 0 radical (unpaired) electrons. The Labute approximate surface area is 112 Å². The van der Waals surface area contributed by atoms with Gasteiger partial charge in [0.2, 0.25) is 5.91 Å². The van der Waals surface area contributed by atoms with Crippen molar-refractivity contribution in [3.05, 3.63) is 24.3 Å². The average Bonchev–Trinajstić information content (AvgIpc) is 2.74. The van der Waals surface area contributed by atoms with Crippen LogP contribution in [0.2, 0.25) is 0 Å². The van der Waals surface area contributed by atoms with Crippen molar-refractivity contribution in [1.82, 2.24) is 5.32 Å². The molecule has 2 unspecified atom stereocenters. The van der Waals surface area contributed by atoms with Gasteiger partial charge >= 0.3 is 6.36 Å². The van der Waals surface area contributed by atoms with Crippen LogP contribution in [0.5, 0.6) is 5.75 Å². The molecule has 1 heterocycles. The number of alkyl halides is 3. The molecule has 1 aromatic rings. The summed E-state index contributed by atoms with van der Waals surface area (Å²) in [7, 11) is 0. The fourth-order valence-corrected chi connectivity index (χ4v) is 1.92. The van der Waals surface area contributed by atoms with E-state index in [0.29, 0.717) is 6.54 Å². The van der Waals surface area contributed by atoms with Crippen LogP contribution in [0.1, 0.15) is 6.42 Å². The number of nitrogens with one attached hydrogen (secondary N) is 2. The molecule has 20 heavy (non-hydrogen) atoms. The van der Waals surface area contributed by atoms with Gasteiger partial charge in [-0.2, -0.15) is 0 Å². The lowest BCUT2D eigenvalue weighted by molar-refractivity contribution is -0.274. The highest BCUT2D eigenvalue weighted by Gasteiger charge is 2.31. The number of β-amino-alcohol motifs (C(OH)–C–C–N with tert-alkyl or cyclic N) is 1. The first kappa shape index (κ1) is 14.6. The molecule has 0 bridgehead atoms. The Balaban J connectivity index is 1.99. The molecule has 0 aromatic heterocycles. The van der Waals surface area contributed by atoms with Crippen molar-refractivity contribution >= 4 is 11.6 Å². The number of ether oxygens (including phenoxy) is 1. The minimum atomic E-state index is -4.78. The van der Waals surface area contributed by atoms with Gasteiger partial charge in [-0.3, -0.25) is 4.79 Å². The smallest absolute Gasteiger partial charge is 0.406 e. The molecule has 1 amide bonds. The summed E-state index contributed by atoms with van der Waals surface area (Å²) < 4.78 is 40.0. The van der Waals surface area contributed by atoms with E-state index in [2.05, 4.69) is 15.4 Å². The summed E-state index contributed by atoms with van der Waals surface area (Å²) in [5.41, 5.74) is 0.194. The summed E-state index contributed by atoms with van der Waals surface area (Å²) in [5, 5.41) is 14.6. The quantitative estimate of drug-likeness (QED) is 0.783. The lowest BCUT2D eigenvalue weighted by Gasteiger charge is -2.13. The van der Waals surface area contributed by atoms with Crippen molar-refractivity contribution < 1.29 is 27.8 Å². The van der Waals surface area contributed by atoms with Crippen molar-refractivity contribution in [3.8, 4) is 5.75 Å². The highest BCUT2D eigenvalue weighted by Crippen LogP contribution is 2.25. The van der Waals surface area contributed by atoms with Gasteiger partial charge in [0, 0.05) is 18.3 Å². The second kappa shape index (κ2) is 5.68. The molecule has 1 fully saturated rings. The van der Waals surface area contributed by atoms with Crippen LogP contribution in [0.15, 0.2) is 24.3 Å². The van der Waals surface area contributed by atoms with Gasteiger partial charge in [0.25, 0.3) is 0 Å². The number of carbonyl (C=O) groups is 1. The number of carbonyl (C=O) groups excluding carboxylic acids is 1. The predicted molar refractivity (Wildman–Crippen MR) is 64.2 cm³/mol. The van der Waals surface area contributed by atoms with Crippen LogP contribution >= 0.6 is 0 Å². The minimum absolute atomic E-state index is 0.194. The van der Waals surface area contributed by atoms with Gasteiger partial charge in [0.1, 0.15) is 5.75 Å². The summed E-state index contributed by atoms with van der Waals surface area (Å²) in [6, 6.07) is 4.45. The van der Waals surface area contributed by atoms with E-state index in [1.54, 1.807) is 0 Å². The van der Waals surface area contributed by atoms with Crippen LogP contribution in [0, 0.1) is 0 Å². The second-order valence-corrected chi connectivity index (χ2v) is 4.42. The third-order valence-corrected chi connectivity index (χ3v) is 2.76. The SMILES string of the molecule is O=C(Nc1cccc(OC(F)(F)F)c1)C1CC(O)CN1. The summed E-state index contributed by atoms with van der Waals surface area (Å²) in [6.07, 6.45) is -5.10. The zero-order chi connectivity index (χ0) is 14.8. The maximum absolute atomic E-state index is 12.1. The number of aliphatic hydroxyl groups excluding tert-OH is 1. The van der Waals surface area contributed by atoms with E-state index in [1.807, 2.05) is 0 Å². The summed E-state index contributed by atoms with van der Waals surface area (Å²) in [6.45, 7) is 0.315. The Morgan fingerprint density at radius 2 is 2.20 bits per heavy atom. The first-order valence-corrected chi connectivity index (χ1v) is 5.91. The standard InChI is InChI=1S/C12H13F3N2O3/c13-12(14,15)20-9-3-1-2-7(4-9)17-11(19)10-5-8(18)6-16-10/h1-4,8,10,16,18H,5-6H2,(H,17,19). The van der Waals surface area contributed by atoms with E-state index in [9.17, 15) is 23.1 Å². The number of amides is 1. The largest absolute Gasteiger partial charge is 0.573 e. The Morgan fingerprint density at radius 3 is 2.80 bits per heavy atom. The summed E-state index contributed by atoms with van der Waals surface area (Å²) >= 11 is 0. The first-order valence-electron chi connectivity index (χ1n) is 5.91. The Morgan fingerprint density at radius 1 is 1.45 bits per heavy atom. The van der Waals surface area contributed by atoms with E-state index >= 15 is 0 Å². The van der Waals surface area contributed by atoms with Crippen LogP contribution in [0.25, 0.3) is 0 Å². The third kappa shape index (κ3) is 4.10. The molecule has 2 atom stereocenters. The Kier molecular flexibility index (Phi) is 4.15. The molecule has 3 N–H and O–H groups in total. The molecule has 1 saturated heterocycles. The van der Waals surface area contributed by atoms with Crippen LogP contribution in [-0.4, -0.2) is 36.1 Å². The molecular formula is C12H13F3N2O3. The molecule has 8 heteroatoms. The van der Waals surface area contributed by atoms with E-state index in [0.717, 1.165) is 12.1 Å². The molecule has 0 aliphatic carbocycles. The molecule has 5 nitrogen and oxygen atoms in total. The van der Waals surface area contributed by atoms with Crippen molar-refractivity contribution in [2.45, 2.75) is 24.9 Å². The van der Waals surface area contributed by atoms with Crippen molar-refractivity contribution in [3.63, 3.8) is 0 Å². The predicted octanol–water partition coefficient (Wildman–Crippen LogP) is 1.25. The van der Waals surface area contributed by atoms with E-state index in [1.165, 1.54) is 12.1 Å². The van der Waals surface area contributed by atoms with Crippen LogP contribution in [0.3, 0.4) is 0 Å². The molecular weight excluding hydrogens is 277 g/mol. The average molecular weight is 290 g/mol. The maximum atomic E-state index is 12.1. The van der Waals surface area contributed by atoms with Gasteiger partial charge in [-0.15, -0.1) is 13.2 Å². The molecule has 1 aliphatic heterocycles.